The van der Waals surface area contributed by atoms with Crippen LogP contribution in [0.15, 0.2) is 77.9 Å². The molecule has 3 atom stereocenters. The Kier molecular flexibility index (Phi) is 8.44. The normalized spacial score (nSPS) is 19.5. The molecule has 0 N–H and O–H groups in total. The van der Waals surface area contributed by atoms with Crippen molar-refractivity contribution in [1.82, 2.24) is 14.3 Å². The lowest BCUT2D eigenvalue weighted by Crippen LogP contribution is -2.46. The predicted molar refractivity (Wildman–Crippen MR) is 159 cm³/mol. The fraction of sp³-hybridized carbons (Fsp3) is 0.375. The Morgan fingerprint density at radius 3 is 2.19 bits per heavy atom. The number of piperazine rings is 1. The summed E-state index contributed by atoms with van der Waals surface area (Å²) >= 11 is 0. The third-order valence-corrected chi connectivity index (χ3v) is 8.10. The number of hydrogen-bond donors (Lipinski definition) is 0. The summed E-state index contributed by atoms with van der Waals surface area (Å²) in [4.78, 5) is 17.4. The lowest BCUT2D eigenvalue weighted by atomic mass is 10.2. The van der Waals surface area contributed by atoms with E-state index in [-0.39, 0.29) is 36.6 Å². The van der Waals surface area contributed by atoms with E-state index in [0.717, 1.165) is 55.7 Å². The van der Waals surface area contributed by atoms with Crippen LogP contribution in [0.1, 0.15) is 38.2 Å². The number of aromatic nitrogens is 3. The van der Waals surface area contributed by atoms with Gasteiger partial charge in [-0.25, -0.2) is 13.6 Å². The van der Waals surface area contributed by atoms with Crippen LogP contribution < -0.4 is 20.2 Å². The molecule has 0 radical (unpaired) electrons. The van der Waals surface area contributed by atoms with Crippen LogP contribution in [0.5, 0.6) is 5.75 Å². The summed E-state index contributed by atoms with van der Waals surface area (Å²) in [5.74, 6) is -0.632. The third-order valence-electron chi connectivity index (χ3n) is 8.10. The van der Waals surface area contributed by atoms with E-state index >= 15 is 0 Å². The Bertz CT molecular complexity index is 1580. The largest absolute Gasteiger partial charge is 0.491 e. The fourth-order valence-corrected chi connectivity index (χ4v) is 5.35. The molecule has 0 amide bonds. The molecular weight excluding hydrogens is 556 g/mol. The van der Waals surface area contributed by atoms with Crippen LogP contribution in [0.4, 0.5) is 20.2 Å². The van der Waals surface area contributed by atoms with Gasteiger partial charge in [0, 0.05) is 55.2 Å². The van der Waals surface area contributed by atoms with Crippen molar-refractivity contribution in [3.05, 3.63) is 101 Å². The Morgan fingerprint density at radius 2 is 1.56 bits per heavy atom. The SMILES string of the molecule is CCC(C)n1cnn(-c2ccc(N3CCN(c4ccc(OC[C@@H]5CO[C@@H](c6ccc(F)cc6F)O5)cc4)CC3)cc2)c1=O. The minimum atomic E-state index is -0.878. The van der Waals surface area contributed by atoms with Crippen LogP contribution >= 0.6 is 0 Å². The van der Waals surface area contributed by atoms with E-state index in [1.165, 1.54) is 16.8 Å². The van der Waals surface area contributed by atoms with Gasteiger partial charge in [-0.2, -0.15) is 9.78 Å². The van der Waals surface area contributed by atoms with Crippen LogP contribution in [-0.2, 0) is 9.47 Å². The summed E-state index contributed by atoms with van der Waals surface area (Å²) < 4.78 is 47.6. The molecule has 2 saturated heterocycles. The maximum Gasteiger partial charge on any atom is 0.350 e. The van der Waals surface area contributed by atoms with Gasteiger partial charge in [-0.3, -0.25) is 4.57 Å². The second-order valence-electron chi connectivity index (χ2n) is 10.9. The van der Waals surface area contributed by atoms with E-state index in [9.17, 15) is 13.6 Å². The van der Waals surface area contributed by atoms with Gasteiger partial charge in [-0.1, -0.05) is 6.92 Å². The molecule has 3 heterocycles. The molecular formula is C32H35F2N5O4. The van der Waals surface area contributed by atoms with Crippen molar-refractivity contribution in [1.29, 1.82) is 0 Å². The highest BCUT2D eigenvalue weighted by molar-refractivity contribution is 5.54. The maximum atomic E-state index is 14.0. The molecule has 1 unspecified atom stereocenters. The molecule has 2 aliphatic rings. The van der Waals surface area contributed by atoms with Crippen LogP contribution in [0.25, 0.3) is 5.69 Å². The van der Waals surface area contributed by atoms with Crippen LogP contribution in [0, 0.1) is 11.6 Å². The lowest BCUT2D eigenvalue weighted by Gasteiger charge is -2.37. The molecule has 2 fully saturated rings. The first-order valence-electron chi connectivity index (χ1n) is 14.6. The summed E-state index contributed by atoms with van der Waals surface area (Å²) in [6, 6.07) is 19.4. The van der Waals surface area contributed by atoms with Gasteiger partial charge in [0.05, 0.1) is 12.3 Å². The summed E-state index contributed by atoms with van der Waals surface area (Å²) in [6.45, 7) is 8.06. The molecule has 0 bridgehead atoms. The smallest absolute Gasteiger partial charge is 0.350 e. The number of nitrogens with zero attached hydrogens (tertiary/aromatic N) is 5. The second kappa shape index (κ2) is 12.6. The first kappa shape index (κ1) is 28.9. The number of benzene rings is 3. The Morgan fingerprint density at radius 1 is 0.930 bits per heavy atom. The Balaban J connectivity index is 0.981. The second-order valence-corrected chi connectivity index (χ2v) is 10.9. The Labute approximate surface area is 248 Å². The van der Waals surface area contributed by atoms with Crippen molar-refractivity contribution in [3.8, 4) is 11.4 Å². The Hall–Kier alpha value is -4.22. The number of ether oxygens (including phenoxy) is 3. The quantitative estimate of drug-likeness (QED) is 0.268. The van der Waals surface area contributed by atoms with E-state index in [4.69, 9.17) is 14.2 Å². The highest BCUT2D eigenvalue weighted by atomic mass is 19.1. The van der Waals surface area contributed by atoms with Crippen molar-refractivity contribution in [2.24, 2.45) is 0 Å². The standard InChI is InChI=1S/C32H35F2N5O4/c1-3-22(2)38-21-35-39(32(38)40)26-7-5-24(6-8-26)36-14-16-37(17-15-36)25-9-11-27(12-10-25)41-19-28-20-42-31(43-28)29-13-4-23(33)18-30(29)34/h4-13,18,21-22,28,31H,3,14-17,19-20H2,1-2H3/t22?,28-,31-/m1/s1. The average Bonchev–Trinajstić information content (AvgIpc) is 3.67. The molecule has 0 aliphatic carbocycles. The monoisotopic (exact) mass is 591 g/mol. The zero-order valence-electron chi connectivity index (χ0n) is 24.2. The maximum absolute atomic E-state index is 14.0. The third kappa shape index (κ3) is 6.28. The van der Waals surface area contributed by atoms with Crippen molar-refractivity contribution < 1.29 is 23.0 Å². The van der Waals surface area contributed by atoms with Gasteiger partial charge in [0.25, 0.3) is 0 Å². The highest BCUT2D eigenvalue weighted by Crippen LogP contribution is 2.30. The number of hydrogen-bond acceptors (Lipinski definition) is 7. The fourth-order valence-electron chi connectivity index (χ4n) is 5.35. The number of rotatable bonds is 9. The van der Waals surface area contributed by atoms with E-state index in [1.54, 1.807) is 10.9 Å². The first-order chi connectivity index (χ1) is 20.9. The van der Waals surface area contributed by atoms with E-state index in [0.29, 0.717) is 5.75 Å². The van der Waals surface area contributed by atoms with E-state index in [2.05, 4.69) is 21.8 Å². The predicted octanol–water partition coefficient (Wildman–Crippen LogP) is 5.10. The minimum Gasteiger partial charge on any atom is -0.491 e. The average molecular weight is 592 g/mol. The summed E-state index contributed by atoms with van der Waals surface area (Å²) in [7, 11) is 0. The first-order valence-corrected chi connectivity index (χ1v) is 14.6. The van der Waals surface area contributed by atoms with E-state index in [1.807, 2.05) is 55.5 Å². The van der Waals surface area contributed by atoms with Crippen LogP contribution in [0.2, 0.25) is 0 Å². The van der Waals surface area contributed by atoms with Crippen molar-refractivity contribution >= 4 is 11.4 Å². The van der Waals surface area contributed by atoms with Crippen molar-refractivity contribution in [2.45, 2.75) is 38.7 Å². The van der Waals surface area contributed by atoms with Gasteiger partial charge in [0.2, 0.25) is 0 Å². The zero-order chi connectivity index (χ0) is 29.9. The van der Waals surface area contributed by atoms with Gasteiger partial charge in [-0.15, -0.1) is 0 Å². The molecule has 43 heavy (non-hydrogen) atoms. The molecule has 11 heteroatoms. The molecule has 0 saturated carbocycles. The van der Waals surface area contributed by atoms with Crippen LogP contribution in [0.3, 0.4) is 0 Å². The number of anilines is 2. The molecule has 4 aromatic rings. The molecule has 1 aromatic heterocycles. The van der Waals surface area contributed by atoms with Crippen LogP contribution in [-0.4, -0.2) is 59.8 Å². The van der Waals surface area contributed by atoms with Crippen molar-refractivity contribution in [2.75, 3.05) is 49.2 Å². The van der Waals surface area contributed by atoms with Gasteiger partial charge in [-0.05, 0) is 74.0 Å². The van der Waals surface area contributed by atoms with Crippen molar-refractivity contribution in [3.63, 3.8) is 0 Å². The summed E-state index contributed by atoms with van der Waals surface area (Å²) in [5, 5.41) is 4.30. The molecule has 2 aliphatic heterocycles. The molecule has 3 aromatic carbocycles. The van der Waals surface area contributed by atoms with Gasteiger partial charge in [0.15, 0.2) is 6.29 Å². The summed E-state index contributed by atoms with van der Waals surface area (Å²) in [5.41, 5.74) is 3.03. The molecule has 226 valence electrons. The van der Waals surface area contributed by atoms with E-state index < -0.39 is 17.9 Å². The molecule has 6 rings (SSSR count). The van der Waals surface area contributed by atoms with Gasteiger partial charge >= 0.3 is 5.69 Å². The van der Waals surface area contributed by atoms with Gasteiger partial charge < -0.3 is 24.0 Å². The molecule has 0 spiro atoms. The van der Waals surface area contributed by atoms with Gasteiger partial charge in [0.1, 0.15) is 36.4 Å². The minimum absolute atomic E-state index is 0.110. The highest BCUT2D eigenvalue weighted by Gasteiger charge is 2.30. The lowest BCUT2D eigenvalue weighted by molar-refractivity contribution is -0.0680. The molecule has 9 nitrogen and oxygen atoms in total. The zero-order valence-corrected chi connectivity index (χ0v) is 24.2. The topological polar surface area (TPSA) is 74.0 Å². The summed E-state index contributed by atoms with van der Waals surface area (Å²) in [6.07, 6.45) is 1.24. The number of halogens is 2.